The summed E-state index contributed by atoms with van der Waals surface area (Å²) in [4.78, 5) is 3.53. The number of benzene rings is 2. The van der Waals surface area contributed by atoms with Crippen LogP contribution in [-0.2, 0) is 11.5 Å². The van der Waals surface area contributed by atoms with Crippen LogP contribution in [0, 0.1) is 23.0 Å². The minimum Gasteiger partial charge on any atom is -0.406 e. The Bertz CT molecular complexity index is 1160. The maximum atomic E-state index is 15.0. The second-order valence-corrected chi connectivity index (χ2v) is 6.53. The summed E-state index contributed by atoms with van der Waals surface area (Å²) in [7, 11) is 0. The third-order valence-electron chi connectivity index (χ3n) is 4.44. The lowest BCUT2D eigenvalue weighted by molar-refractivity contribution is -0.274. The molecule has 11 heteroatoms. The van der Waals surface area contributed by atoms with Crippen LogP contribution < -0.4 is 4.74 Å². The van der Waals surface area contributed by atoms with Gasteiger partial charge in [-0.25, -0.2) is 8.78 Å². The molecular weight excluding hydrogens is 445 g/mol. The van der Waals surface area contributed by atoms with Crippen molar-refractivity contribution >= 4 is 0 Å². The zero-order chi connectivity index (χ0) is 23.7. The molecule has 0 saturated heterocycles. The molecule has 0 bridgehead atoms. The van der Waals surface area contributed by atoms with Gasteiger partial charge in [0.15, 0.2) is 0 Å². The summed E-state index contributed by atoms with van der Waals surface area (Å²) in [6.07, 6.45) is -3.94. The summed E-state index contributed by atoms with van der Waals surface area (Å²) >= 11 is 0. The predicted octanol–water partition coefficient (Wildman–Crippen LogP) is 5.43. The van der Waals surface area contributed by atoms with Crippen molar-refractivity contribution < 1.29 is 40.6 Å². The van der Waals surface area contributed by atoms with Gasteiger partial charge in [-0.05, 0) is 35.9 Å². The highest BCUT2D eigenvalue weighted by Crippen LogP contribution is 2.45. The largest absolute Gasteiger partial charge is 0.573 e. The Kier molecular flexibility index (Phi) is 5.84. The van der Waals surface area contributed by atoms with Gasteiger partial charge in [0.05, 0.1) is 0 Å². The van der Waals surface area contributed by atoms with Gasteiger partial charge in [-0.3, -0.25) is 4.98 Å². The Balaban J connectivity index is 1.92. The summed E-state index contributed by atoms with van der Waals surface area (Å²) in [5.41, 5.74) is -5.40. The van der Waals surface area contributed by atoms with Crippen LogP contribution in [0.1, 0.15) is 11.3 Å². The molecule has 0 aliphatic heterocycles. The van der Waals surface area contributed by atoms with Gasteiger partial charge in [-0.1, -0.05) is 18.2 Å². The molecule has 1 atom stereocenters. The summed E-state index contributed by atoms with van der Waals surface area (Å²) in [5, 5.41) is 19.5. The minimum atomic E-state index is -4.88. The molecule has 4 nitrogen and oxygen atoms in total. The van der Waals surface area contributed by atoms with Crippen LogP contribution in [0.2, 0.25) is 0 Å². The summed E-state index contributed by atoms with van der Waals surface area (Å²) in [6.45, 7) is 0. The molecule has 1 aromatic heterocycles. The lowest BCUT2D eigenvalue weighted by Gasteiger charge is -2.30. The standard InChI is InChI=1S/C21H11F7N2O2/c22-14-4-7-16(17(23)9-14)19(31,11-29)20(24,25)18-8-3-13(10-30-18)12-1-5-15(6-2-12)32-21(26,27)28/h1-10,31H/t19-/m1/s1. The Morgan fingerprint density at radius 1 is 0.875 bits per heavy atom. The Labute approximate surface area is 176 Å². The highest BCUT2D eigenvalue weighted by molar-refractivity contribution is 5.63. The fourth-order valence-corrected chi connectivity index (χ4v) is 2.87. The van der Waals surface area contributed by atoms with Crippen LogP contribution in [0.5, 0.6) is 5.75 Å². The van der Waals surface area contributed by atoms with E-state index >= 15 is 0 Å². The lowest BCUT2D eigenvalue weighted by Crippen LogP contribution is -2.43. The van der Waals surface area contributed by atoms with Crippen molar-refractivity contribution in [2.45, 2.75) is 17.9 Å². The van der Waals surface area contributed by atoms with E-state index in [4.69, 9.17) is 0 Å². The molecule has 0 unspecified atom stereocenters. The van der Waals surface area contributed by atoms with E-state index in [2.05, 4.69) is 9.72 Å². The van der Waals surface area contributed by atoms with Crippen LogP contribution in [0.3, 0.4) is 0 Å². The molecule has 0 aliphatic rings. The Morgan fingerprint density at radius 2 is 1.50 bits per heavy atom. The molecule has 0 amide bonds. The maximum absolute atomic E-state index is 15.0. The highest BCUT2D eigenvalue weighted by Gasteiger charge is 2.58. The van der Waals surface area contributed by atoms with Gasteiger partial charge in [-0.2, -0.15) is 14.0 Å². The van der Waals surface area contributed by atoms with Crippen molar-refractivity contribution in [3.05, 3.63) is 83.7 Å². The van der Waals surface area contributed by atoms with Crippen molar-refractivity contribution in [2.75, 3.05) is 0 Å². The fourth-order valence-electron chi connectivity index (χ4n) is 2.87. The van der Waals surface area contributed by atoms with Crippen molar-refractivity contribution in [3.63, 3.8) is 0 Å². The van der Waals surface area contributed by atoms with E-state index in [1.807, 2.05) is 0 Å². The average molecular weight is 456 g/mol. The topological polar surface area (TPSA) is 66.1 Å². The molecule has 3 aromatic rings. The molecule has 1 N–H and O–H groups in total. The number of nitrogens with zero attached hydrogens (tertiary/aromatic N) is 2. The van der Waals surface area contributed by atoms with Crippen molar-refractivity contribution in [1.82, 2.24) is 4.98 Å². The molecule has 1 heterocycles. The zero-order valence-corrected chi connectivity index (χ0v) is 15.7. The van der Waals surface area contributed by atoms with E-state index in [1.54, 1.807) is 0 Å². The second-order valence-electron chi connectivity index (χ2n) is 6.53. The number of aromatic nitrogens is 1. The van der Waals surface area contributed by atoms with E-state index < -0.39 is 46.5 Å². The van der Waals surface area contributed by atoms with Gasteiger partial charge >= 0.3 is 12.3 Å². The first kappa shape index (κ1) is 23.0. The lowest BCUT2D eigenvalue weighted by atomic mass is 9.86. The molecule has 0 radical (unpaired) electrons. The number of pyridine rings is 1. The second kappa shape index (κ2) is 8.12. The van der Waals surface area contributed by atoms with Crippen LogP contribution >= 0.6 is 0 Å². The number of halogens is 7. The third kappa shape index (κ3) is 4.36. The van der Waals surface area contributed by atoms with Crippen LogP contribution in [0.15, 0.2) is 60.8 Å². The number of hydrogen-bond donors (Lipinski definition) is 1. The SMILES string of the molecule is N#C[C@@](O)(c1ccc(F)cc1F)C(F)(F)c1ccc(-c2ccc(OC(F)(F)F)cc2)cn1. The molecule has 0 aliphatic carbocycles. The average Bonchev–Trinajstić information content (AvgIpc) is 2.72. The first-order chi connectivity index (χ1) is 14.9. The van der Waals surface area contributed by atoms with Crippen LogP contribution in [-0.4, -0.2) is 16.5 Å². The van der Waals surface area contributed by atoms with E-state index in [1.165, 1.54) is 12.1 Å². The van der Waals surface area contributed by atoms with Crippen LogP contribution in [0.4, 0.5) is 30.7 Å². The monoisotopic (exact) mass is 456 g/mol. The summed E-state index contributed by atoms with van der Waals surface area (Å²) < 4.78 is 97.5. The molecule has 2 aromatic carbocycles. The van der Waals surface area contributed by atoms with Gasteiger partial charge < -0.3 is 9.84 Å². The molecule has 0 saturated carbocycles. The maximum Gasteiger partial charge on any atom is 0.573 e. The Morgan fingerprint density at radius 3 is 2.00 bits per heavy atom. The van der Waals surface area contributed by atoms with Gasteiger partial charge in [0.1, 0.15) is 29.1 Å². The number of aliphatic hydroxyl groups is 1. The number of hydrogen-bond acceptors (Lipinski definition) is 4. The first-order valence-corrected chi connectivity index (χ1v) is 8.67. The van der Waals surface area contributed by atoms with Gasteiger partial charge in [0.25, 0.3) is 0 Å². The summed E-state index contributed by atoms with van der Waals surface area (Å²) in [5.74, 6) is -7.54. The number of ether oxygens (including phenoxy) is 1. The normalized spacial score (nSPS) is 13.8. The molecule has 0 fully saturated rings. The third-order valence-corrected chi connectivity index (χ3v) is 4.44. The number of rotatable bonds is 5. The van der Waals surface area contributed by atoms with E-state index in [9.17, 15) is 41.1 Å². The van der Waals surface area contributed by atoms with E-state index in [0.29, 0.717) is 17.7 Å². The van der Waals surface area contributed by atoms with E-state index in [0.717, 1.165) is 36.5 Å². The van der Waals surface area contributed by atoms with Crippen molar-refractivity contribution in [2.24, 2.45) is 0 Å². The predicted molar refractivity (Wildman–Crippen MR) is 96.1 cm³/mol. The van der Waals surface area contributed by atoms with Gasteiger partial charge in [0.2, 0.25) is 5.60 Å². The Hall–Kier alpha value is -3.65. The molecular formula is C21H11F7N2O2. The smallest absolute Gasteiger partial charge is 0.406 e. The number of alkyl halides is 5. The molecule has 32 heavy (non-hydrogen) atoms. The fraction of sp³-hybridized carbons (Fsp3) is 0.143. The molecule has 0 spiro atoms. The highest BCUT2D eigenvalue weighted by atomic mass is 19.4. The zero-order valence-electron chi connectivity index (χ0n) is 15.7. The van der Waals surface area contributed by atoms with Crippen LogP contribution in [0.25, 0.3) is 11.1 Å². The van der Waals surface area contributed by atoms with Crippen molar-refractivity contribution in [1.29, 1.82) is 5.26 Å². The molecule has 3 rings (SSSR count). The number of nitriles is 1. The minimum absolute atomic E-state index is 0.219. The van der Waals surface area contributed by atoms with Gasteiger partial charge in [-0.15, -0.1) is 13.2 Å². The van der Waals surface area contributed by atoms with Gasteiger partial charge in [0, 0.05) is 23.4 Å². The van der Waals surface area contributed by atoms with Crippen molar-refractivity contribution in [3.8, 4) is 22.9 Å². The van der Waals surface area contributed by atoms with E-state index in [-0.39, 0.29) is 11.6 Å². The first-order valence-electron chi connectivity index (χ1n) is 8.67. The summed E-state index contributed by atoms with van der Waals surface area (Å²) in [6, 6.07) is 8.72. The quantitative estimate of drug-likeness (QED) is 0.411. The molecule has 166 valence electrons.